The minimum absolute atomic E-state index is 0.0393. The third-order valence-electron chi connectivity index (χ3n) is 6.61. The fourth-order valence-electron chi connectivity index (χ4n) is 4.22. The van der Waals surface area contributed by atoms with Crippen LogP contribution in [0.4, 0.5) is 4.39 Å². The average Bonchev–Trinajstić information content (AvgIpc) is 2.97. The van der Waals surface area contributed by atoms with Gasteiger partial charge in [-0.1, -0.05) is 60.7 Å². The highest BCUT2D eigenvalue weighted by Gasteiger charge is 2.35. The standard InChI is InChI=1S/C30H35FN4O4/c1-33-28(36)26(17-23-13-7-8-15-25(23)31)34(2)30(38)27(20-39-19-21-10-5-4-6-11-21)35(3)29(37)24-14-9-12-22(16-24)18-32/h4-16,26-27H,17-20,32H2,1-3H3,(H,33,36)/t26-,27-/m1/s1. The summed E-state index contributed by atoms with van der Waals surface area (Å²) < 4.78 is 20.3. The summed E-state index contributed by atoms with van der Waals surface area (Å²) in [5, 5.41) is 2.56. The van der Waals surface area contributed by atoms with Crippen LogP contribution in [0.15, 0.2) is 78.9 Å². The normalized spacial score (nSPS) is 12.3. The quantitative estimate of drug-likeness (QED) is 0.372. The first-order valence-corrected chi connectivity index (χ1v) is 12.7. The second kappa shape index (κ2) is 14.2. The molecule has 3 N–H and O–H groups in total. The molecule has 39 heavy (non-hydrogen) atoms. The molecule has 0 fully saturated rings. The maximum atomic E-state index is 14.4. The maximum absolute atomic E-state index is 14.4. The van der Waals surface area contributed by atoms with Crippen molar-refractivity contribution in [2.75, 3.05) is 27.7 Å². The topological polar surface area (TPSA) is 105 Å². The first kappa shape index (κ1) is 29.5. The number of nitrogens with one attached hydrogen (secondary N) is 1. The SMILES string of the molecule is CNC(=O)[C@@H](Cc1ccccc1F)N(C)C(=O)[C@@H](COCc1ccccc1)N(C)C(=O)c1cccc(CN)c1. The second-order valence-corrected chi connectivity index (χ2v) is 9.21. The molecule has 0 bridgehead atoms. The lowest BCUT2D eigenvalue weighted by atomic mass is 10.0. The number of carbonyl (C=O) groups excluding carboxylic acids is 3. The first-order chi connectivity index (χ1) is 18.8. The molecular formula is C30H35FN4O4. The Labute approximate surface area is 228 Å². The van der Waals surface area contributed by atoms with Crippen LogP contribution in [-0.4, -0.2) is 67.4 Å². The number of halogens is 1. The smallest absolute Gasteiger partial charge is 0.254 e. The van der Waals surface area contributed by atoms with Crippen molar-refractivity contribution in [1.82, 2.24) is 15.1 Å². The number of benzene rings is 3. The Morgan fingerprint density at radius 3 is 2.23 bits per heavy atom. The van der Waals surface area contributed by atoms with Crippen LogP contribution in [0.2, 0.25) is 0 Å². The number of hydrogen-bond acceptors (Lipinski definition) is 5. The molecule has 3 amide bonds. The van der Waals surface area contributed by atoms with E-state index < -0.39 is 35.6 Å². The molecule has 0 aromatic heterocycles. The third kappa shape index (κ3) is 7.72. The summed E-state index contributed by atoms with van der Waals surface area (Å²) >= 11 is 0. The molecule has 0 unspecified atom stereocenters. The zero-order chi connectivity index (χ0) is 28.4. The van der Waals surface area contributed by atoms with Gasteiger partial charge in [0.2, 0.25) is 11.8 Å². The molecule has 0 aliphatic rings. The predicted octanol–water partition coefficient (Wildman–Crippen LogP) is 2.76. The number of nitrogens with two attached hydrogens (primary N) is 1. The predicted molar refractivity (Wildman–Crippen MR) is 147 cm³/mol. The molecule has 0 radical (unpaired) electrons. The van der Waals surface area contributed by atoms with Gasteiger partial charge in [0.05, 0.1) is 13.2 Å². The van der Waals surface area contributed by atoms with Crippen LogP contribution in [0.5, 0.6) is 0 Å². The number of rotatable bonds is 12. The van der Waals surface area contributed by atoms with Crippen LogP contribution in [0.3, 0.4) is 0 Å². The largest absolute Gasteiger partial charge is 0.374 e. The van der Waals surface area contributed by atoms with E-state index in [4.69, 9.17) is 10.5 Å². The molecule has 0 saturated heterocycles. The van der Waals surface area contributed by atoms with Gasteiger partial charge >= 0.3 is 0 Å². The number of nitrogens with zero attached hydrogens (tertiary/aromatic N) is 2. The van der Waals surface area contributed by atoms with Gasteiger partial charge in [-0.3, -0.25) is 14.4 Å². The fourth-order valence-corrected chi connectivity index (χ4v) is 4.22. The summed E-state index contributed by atoms with van der Waals surface area (Å²) in [5.74, 6) is -1.84. The lowest BCUT2D eigenvalue weighted by Crippen LogP contribution is -2.56. The first-order valence-electron chi connectivity index (χ1n) is 12.7. The lowest BCUT2D eigenvalue weighted by molar-refractivity contribution is -0.143. The van der Waals surface area contributed by atoms with Crippen molar-refractivity contribution in [3.05, 3.63) is 107 Å². The van der Waals surface area contributed by atoms with Crippen LogP contribution in [-0.2, 0) is 33.9 Å². The van der Waals surface area contributed by atoms with Gasteiger partial charge in [-0.05, 0) is 34.9 Å². The van der Waals surface area contributed by atoms with Crippen molar-refractivity contribution < 1.29 is 23.5 Å². The third-order valence-corrected chi connectivity index (χ3v) is 6.61. The Bertz CT molecular complexity index is 1270. The Balaban J connectivity index is 1.88. The number of hydrogen-bond donors (Lipinski definition) is 2. The molecule has 2 atom stereocenters. The summed E-state index contributed by atoms with van der Waals surface area (Å²) in [4.78, 5) is 42.7. The minimum Gasteiger partial charge on any atom is -0.374 e. The minimum atomic E-state index is -1.06. The van der Waals surface area contributed by atoms with Crippen LogP contribution in [0.25, 0.3) is 0 Å². The van der Waals surface area contributed by atoms with E-state index in [9.17, 15) is 18.8 Å². The van der Waals surface area contributed by atoms with Gasteiger partial charge in [0, 0.05) is 39.7 Å². The molecule has 0 spiro atoms. The van der Waals surface area contributed by atoms with Gasteiger partial charge < -0.3 is 25.6 Å². The van der Waals surface area contributed by atoms with E-state index in [1.54, 1.807) is 36.4 Å². The van der Waals surface area contributed by atoms with Crippen molar-refractivity contribution >= 4 is 17.7 Å². The summed E-state index contributed by atoms with van der Waals surface area (Å²) in [6, 6.07) is 20.4. The van der Waals surface area contributed by atoms with Crippen molar-refractivity contribution in [2.45, 2.75) is 31.7 Å². The van der Waals surface area contributed by atoms with E-state index in [1.165, 1.54) is 37.0 Å². The summed E-state index contributed by atoms with van der Waals surface area (Å²) in [6.07, 6.45) is -0.0393. The molecule has 3 rings (SSSR count). The zero-order valence-electron chi connectivity index (χ0n) is 22.5. The van der Waals surface area contributed by atoms with E-state index in [1.807, 2.05) is 36.4 Å². The van der Waals surface area contributed by atoms with E-state index in [0.717, 1.165) is 11.1 Å². The van der Waals surface area contributed by atoms with Gasteiger partial charge in [-0.25, -0.2) is 4.39 Å². The number of amides is 3. The van der Waals surface area contributed by atoms with E-state index in [0.29, 0.717) is 11.1 Å². The molecule has 0 saturated carbocycles. The molecule has 0 aliphatic heterocycles. The highest BCUT2D eigenvalue weighted by atomic mass is 19.1. The van der Waals surface area contributed by atoms with E-state index >= 15 is 0 Å². The van der Waals surface area contributed by atoms with Crippen LogP contribution < -0.4 is 11.1 Å². The molecule has 0 aliphatic carbocycles. The van der Waals surface area contributed by atoms with Crippen molar-refractivity contribution in [1.29, 1.82) is 0 Å². The number of carbonyl (C=O) groups is 3. The van der Waals surface area contributed by atoms with E-state index in [2.05, 4.69) is 5.32 Å². The Hall–Kier alpha value is -4.08. The second-order valence-electron chi connectivity index (χ2n) is 9.21. The van der Waals surface area contributed by atoms with Crippen molar-refractivity contribution in [2.24, 2.45) is 5.73 Å². The maximum Gasteiger partial charge on any atom is 0.254 e. The zero-order valence-corrected chi connectivity index (χ0v) is 22.5. The van der Waals surface area contributed by atoms with Gasteiger partial charge in [-0.2, -0.15) is 0 Å². The van der Waals surface area contributed by atoms with Gasteiger partial charge in [0.1, 0.15) is 17.9 Å². The lowest BCUT2D eigenvalue weighted by Gasteiger charge is -2.34. The molecule has 3 aromatic carbocycles. The van der Waals surface area contributed by atoms with Crippen molar-refractivity contribution in [3.63, 3.8) is 0 Å². The summed E-state index contributed by atoms with van der Waals surface area (Å²) in [5.41, 5.74) is 8.10. The molecule has 3 aromatic rings. The number of ether oxygens (including phenoxy) is 1. The molecule has 0 heterocycles. The highest BCUT2D eigenvalue weighted by Crippen LogP contribution is 2.17. The van der Waals surface area contributed by atoms with Gasteiger partial charge in [-0.15, -0.1) is 0 Å². The van der Waals surface area contributed by atoms with Crippen molar-refractivity contribution in [3.8, 4) is 0 Å². The molecule has 8 nitrogen and oxygen atoms in total. The number of likely N-dealkylation sites (N-methyl/N-ethyl adjacent to an activating group) is 3. The van der Waals surface area contributed by atoms with Crippen LogP contribution in [0.1, 0.15) is 27.0 Å². The Morgan fingerprint density at radius 2 is 1.56 bits per heavy atom. The average molecular weight is 535 g/mol. The monoisotopic (exact) mass is 534 g/mol. The fraction of sp³-hybridized carbons (Fsp3) is 0.300. The highest BCUT2D eigenvalue weighted by molar-refractivity contribution is 5.98. The van der Waals surface area contributed by atoms with Crippen LogP contribution >= 0.6 is 0 Å². The summed E-state index contributed by atoms with van der Waals surface area (Å²) in [7, 11) is 4.45. The Kier molecular flexibility index (Phi) is 10.7. The Morgan fingerprint density at radius 1 is 0.897 bits per heavy atom. The molecule has 206 valence electrons. The molecular weight excluding hydrogens is 499 g/mol. The van der Waals surface area contributed by atoms with Gasteiger partial charge in [0.15, 0.2) is 0 Å². The van der Waals surface area contributed by atoms with E-state index in [-0.39, 0.29) is 26.2 Å². The molecule has 9 heteroatoms. The van der Waals surface area contributed by atoms with Crippen LogP contribution in [0, 0.1) is 5.82 Å². The van der Waals surface area contributed by atoms with Gasteiger partial charge in [0.25, 0.3) is 5.91 Å². The summed E-state index contributed by atoms with van der Waals surface area (Å²) in [6.45, 7) is 0.379.